The zero-order valence-corrected chi connectivity index (χ0v) is 16.4. The van der Waals surface area contributed by atoms with Gasteiger partial charge in [0.2, 0.25) is 5.91 Å². The Labute approximate surface area is 162 Å². The quantitative estimate of drug-likeness (QED) is 0.860. The van der Waals surface area contributed by atoms with Crippen LogP contribution in [-0.2, 0) is 9.53 Å². The number of anilines is 1. The summed E-state index contributed by atoms with van der Waals surface area (Å²) in [5.41, 5.74) is 8.08. The molecule has 0 aromatic heterocycles. The Kier molecular flexibility index (Phi) is 8.48. The zero-order valence-electron chi connectivity index (χ0n) is 14.8. The van der Waals surface area contributed by atoms with Crippen LogP contribution in [0.2, 0.25) is 0 Å². The summed E-state index contributed by atoms with van der Waals surface area (Å²) >= 11 is 0. The van der Waals surface area contributed by atoms with Crippen molar-refractivity contribution in [1.82, 2.24) is 4.90 Å². The average Bonchev–Trinajstić information content (AvgIpc) is 2.62. The van der Waals surface area contributed by atoms with Gasteiger partial charge in [-0.1, -0.05) is 12.1 Å². The number of rotatable bonds is 3. The molecule has 0 saturated carbocycles. The van der Waals surface area contributed by atoms with E-state index in [1.807, 2.05) is 4.90 Å². The summed E-state index contributed by atoms with van der Waals surface area (Å²) in [5.74, 6) is 0.229. The third-order valence-corrected chi connectivity index (χ3v) is 5.23. The molecule has 1 aromatic carbocycles. The van der Waals surface area contributed by atoms with Crippen molar-refractivity contribution in [2.45, 2.75) is 19.8 Å². The van der Waals surface area contributed by atoms with Crippen LogP contribution in [0.25, 0.3) is 0 Å². The second kappa shape index (κ2) is 9.62. The van der Waals surface area contributed by atoms with Gasteiger partial charge in [-0.2, -0.15) is 0 Å². The summed E-state index contributed by atoms with van der Waals surface area (Å²) in [5, 5.41) is 0. The highest BCUT2D eigenvalue weighted by Crippen LogP contribution is 2.32. The van der Waals surface area contributed by atoms with Crippen molar-refractivity contribution in [3.05, 3.63) is 29.8 Å². The van der Waals surface area contributed by atoms with Gasteiger partial charge in [-0.05, 0) is 37.5 Å². The van der Waals surface area contributed by atoms with Crippen LogP contribution in [0.15, 0.2) is 24.3 Å². The fourth-order valence-corrected chi connectivity index (χ4v) is 3.60. The molecule has 0 bridgehead atoms. The molecule has 1 aromatic rings. The van der Waals surface area contributed by atoms with Crippen molar-refractivity contribution < 1.29 is 9.53 Å². The van der Waals surface area contributed by atoms with Crippen LogP contribution in [0.4, 0.5) is 5.69 Å². The predicted molar refractivity (Wildman–Crippen MR) is 106 cm³/mol. The lowest BCUT2D eigenvalue weighted by molar-refractivity contribution is -0.147. The molecule has 142 valence electrons. The monoisotopic (exact) mass is 389 g/mol. The summed E-state index contributed by atoms with van der Waals surface area (Å²) in [6.45, 7) is 7.13. The minimum Gasteiger partial charge on any atom is -0.381 e. The predicted octanol–water partition coefficient (Wildman–Crippen LogP) is 2.24. The average molecular weight is 390 g/mol. The number of hydrogen-bond acceptors (Lipinski definition) is 4. The molecule has 0 atom stereocenters. The zero-order chi connectivity index (χ0) is 16.3. The molecule has 25 heavy (non-hydrogen) atoms. The highest BCUT2D eigenvalue weighted by Gasteiger charge is 2.42. The Morgan fingerprint density at radius 1 is 1.16 bits per heavy atom. The number of aryl methyl sites for hydroxylation is 1. The molecule has 0 radical (unpaired) electrons. The molecule has 2 heterocycles. The minimum atomic E-state index is -0.399. The fraction of sp³-hybridized carbons (Fsp3) is 0.611. The van der Waals surface area contributed by atoms with E-state index in [0.717, 1.165) is 39.0 Å². The van der Waals surface area contributed by atoms with E-state index in [-0.39, 0.29) is 30.7 Å². The lowest BCUT2D eigenvalue weighted by atomic mass is 9.78. The number of nitrogens with two attached hydrogens (primary N) is 1. The third kappa shape index (κ3) is 4.79. The molecular weight excluding hydrogens is 361 g/mol. The largest absolute Gasteiger partial charge is 0.381 e. The first-order valence-corrected chi connectivity index (χ1v) is 8.53. The second-order valence-electron chi connectivity index (χ2n) is 6.72. The standard InChI is InChI=1S/C18H27N3O2.2ClH/c1-15-3-2-4-16(13-15)20-7-9-21(10-8-20)17(22)18(14-19)5-11-23-12-6-18;;/h2-4,13H,5-12,14,19H2,1H3;2*1H. The maximum Gasteiger partial charge on any atom is 0.230 e. The molecule has 5 nitrogen and oxygen atoms in total. The minimum absolute atomic E-state index is 0. The molecule has 2 saturated heterocycles. The maximum atomic E-state index is 13.0. The molecule has 0 unspecified atom stereocenters. The van der Waals surface area contributed by atoms with Gasteiger partial charge in [-0.15, -0.1) is 24.8 Å². The van der Waals surface area contributed by atoms with Crippen LogP contribution in [-0.4, -0.2) is 56.7 Å². The van der Waals surface area contributed by atoms with E-state index in [4.69, 9.17) is 10.5 Å². The Morgan fingerprint density at radius 3 is 2.36 bits per heavy atom. The number of carbonyl (C=O) groups excluding carboxylic acids is 1. The number of ether oxygens (including phenoxy) is 1. The molecule has 3 rings (SSSR count). The molecule has 2 aliphatic heterocycles. The fourth-order valence-electron chi connectivity index (χ4n) is 3.60. The molecule has 7 heteroatoms. The molecular formula is C18H29Cl2N3O2. The SMILES string of the molecule is Cc1cccc(N2CCN(C(=O)C3(CN)CCOCC3)CC2)c1.Cl.Cl. The Balaban J connectivity index is 0.00000156. The number of halogens is 2. The summed E-state index contributed by atoms with van der Waals surface area (Å²) in [7, 11) is 0. The number of benzene rings is 1. The molecule has 2 fully saturated rings. The van der Waals surface area contributed by atoms with Crippen molar-refractivity contribution in [3.8, 4) is 0 Å². The summed E-state index contributed by atoms with van der Waals surface area (Å²) in [6, 6.07) is 8.55. The number of hydrogen-bond donors (Lipinski definition) is 1. The Bertz CT molecular complexity index is 557. The highest BCUT2D eigenvalue weighted by molar-refractivity contribution is 5.85. The van der Waals surface area contributed by atoms with Crippen molar-refractivity contribution in [2.75, 3.05) is 50.8 Å². The van der Waals surface area contributed by atoms with E-state index in [9.17, 15) is 4.79 Å². The molecule has 2 N–H and O–H groups in total. The van der Waals surface area contributed by atoms with Crippen molar-refractivity contribution in [3.63, 3.8) is 0 Å². The normalized spacial score (nSPS) is 19.6. The van der Waals surface area contributed by atoms with E-state index in [1.54, 1.807) is 0 Å². The van der Waals surface area contributed by atoms with Crippen molar-refractivity contribution >= 4 is 36.4 Å². The first-order chi connectivity index (χ1) is 11.1. The van der Waals surface area contributed by atoms with Gasteiger partial charge in [0.25, 0.3) is 0 Å². The van der Waals surface area contributed by atoms with E-state index in [0.29, 0.717) is 19.8 Å². The van der Waals surface area contributed by atoms with Gasteiger partial charge in [0.15, 0.2) is 0 Å². The van der Waals surface area contributed by atoms with Crippen LogP contribution in [0.5, 0.6) is 0 Å². The lowest BCUT2D eigenvalue weighted by Gasteiger charge is -2.42. The lowest BCUT2D eigenvalue weighted by Crippen LogP contribution is -2.56. The smallest absolute Gasteiger partial charge is 0.230 e. The molecule has 0 aliphatic carbocycles. The van der Waals surface area contributed by atoms with E-state index < -0.39 is 5.41 Å². The summed E-state index contributed by atoms with van der Waals surface area (Å²) in [6.07, 6.45) is 1.50. The van der Waals surface area contributed by atoms with Gasteiger partial charge >= 0.3 is 0 Å². The summed E-state index contributed by atoms with van der Waals surface area (Å²) in [4.78, 5) is 17.3. The third-order valence-electron chi connectivity index (χ3n) is 5.23. The van der Waals surface area contributed by atoms with Crippen LogP contribution in [0.1, 0.15) is 18.4 Å². The first kappa shape index (κ1) is 22.0. The molecule has 2 aliphatic rings. The topological polar surface area (TPSA) is 58.8 Å². The van der Waals surface area contributed by atoms with E-state index in [2.05, 4.69) is 36.1 Å². The number of piperazine rings is 1. The number of amides is 1. The highest BCUT2D eigenvalue weighted by atomic mass is 35.5. The Morgan fingerprint density at radius 2 is 1.80 bits per heavy atom. The second-order valence-corrected chi connectivity index (χ2v) is 6.72. The van der Waals surface area contributed by atoms with Gasteiger partial charge in [0.1, 0.15) is 0 Å². The van der Waals surface area contributed by atoms with Crippen molar-refractivity contribution in [2.24, 2.45) is 11.1 Å². The first-order valence-electron chi connectivity index (χ1n) is 8.53. The Hall–Kier alpha value is -1.01. The van der Waals surface area contributed by atoms with E-state index in [1.165, 1.54) is 11.3 Å². The maximum absolute atomic E-state index is 13.0. The molecule has 1 amide bonds. The summed E-state index contributed by atoms with van der Waals surface area (Å²) < 4.78 is 5.42. The van der Waals surface area contributed by atoms with Crippen LogP contribution >= 0.6 is 24.8 Å². The van der Waals surface area contributed by atoms with Gasteiger partial charge in [0.05, 0.1) is 5.41 Å². The van der Waals surface area contributed by atoms with Gasteiger partial charge in [-0.3, -0.25) is 4.79 Å². The molecule has 0 spiro atoms. The van der Waals surface area contributed by atoms with Crippen LogP contribution < -0.4 is 10.6 Å². The van der Waals surface area contributed by atoms with Crippen LogP contribution in [0, 0.1) is 12.3 Å². The van der Waals surface area contributed by atoms with Crippen molar-refractivity contribution in [1.29, 1.82) is 0 Å². The van der Waals surface area contributed by atoms with Gasteiger partial charge < -0.3 is 20.3 Å². The van der Waals surface area contributed by atoms with Crippen LogP contribution in [0.3, 0.4) is 0 Å². The van der Waals surface area contributed by atoms with Gasteiger partial charge in [-0.25, -0.2) is 0 Å². The number of carbonyl (C=O) groups is 1. The van der Waals surface area contributed by atoms with Gasteiger partial charge in [0, 0.05) is 51.6 Å². The van der Waals surface area contributed by atoms with E-state index >= 15 is 0 Å². The number of nitrogens with zero attached hydrogens (tertiary/aromatic N) is 2.